The molecule has 3 rings (SSSR count). The fourth-order valence-electron chi connectivity index (χ4n) is 2.49. The highest BCUT2D eigenvalue weighted by Gasteiger charge is 2.22. The molecule has 1 aliphatic heterocycles. The molecule has 0 spiro atoms. The number of hydrogen-bond acceptors (Lipinski definition) is 4. The van der Waals surface area contributed by atoms with E-state index in [1.165, 1.54) is 0 Å². The summed E-state index contributed by atoms with van der Waals surface area (Å²) in [7, 11) is 0. The van der Waals surface area contributed by atoms with Crippen LogP contribution in [0.3, 0.4) is 0 Å². The molecule has 0 saturated heterocycles. The monoisotopic (exact) mass is 283 g/mol. The third-order valence-electron chi connectivity index (χ3n) is 3.50. The minimum atomic E-state index is -0.179. The van der Waals surface area contributed by atoms with Crippen LogP contribution in [-0.4, -0.2) is 22.5 Å². The number of ether oxygens (including phenoxy) is 1. The Morgan fingerprint density at radius 2 is 2.19 bits per heavy atom. The first-order chi connectivity index (χ1) is 10.2. The van der Waals surface area contributed by atoms with Crippen molar-refractivity contribution in [1.82, 2.24) is 15.3 Å². The zero-order chi connectivity index (χ0) is 14.7. The summed E-state index contributed by atoms with van der Waals surface area (Å²) in [5.74, 6) is 1.26. The number of aromatic nitrogens is 2. The molecule has 0 aliphatic carbocycles. The van der Waals surface area contributed by atoms with E-state index >= 15 is 0 Å². The van der Waals surface area contributed by atoms with Crippen LogP contribution in [0, 0.1) is 6.92 Å². The molecular weight excluding hydrogens is 266 g/mol. The molecule has 5 heteroatoms. The minimum absolute atomic E-state index is 0.0496. The van der Waals surface area contributed by atoms with Crippen LogP contribution in [-0.2, 0) is 0 Å². The van der Waals surface area contributed by atoms with E-state index in [1.807, 2.05) is 24.3 Å². The highest BCUT2D eigenvalue weighted by molar-refractivity contribution is 5.92. The zero-order valence-corrected chi connectivity index (χ0v) is 11.9. The molecule has 1 aromatic carbocycles. The van der Waals surface area contributed by atoms with Gasteiger partial charge in [-0.05, 0) is 31.9 Å². The average Bonchev–Trinajstić information content (AvgIpc) is 2.70. The van der Waals surface area contributed by atoms with Gasteiger partial charge >= 0.3 is 0 Å². The van der Waals surface area contributed by atoms with Gasteiger partial charge in [0.15, 0.2) is 0 Å². The van der Waals surface area contributed by atoms with Crippen LogP contribution >= 0.6 is 0 Å². The van der Waals surface area contributed by atoms with E-state index in [-0.39, 0.29) is 11.9 Å². The molecule has 1 N–H and O–H groups in total. The van der Waals surface area contributed by atoms with Gasteiger partial charge in [0.1, 0.15) is 17.3 Å². The Hall–Kier alpha value is -2.43. The van der Waals surface area contributed by atoms with Gasteiger partial charge in [-0.25, -0.2) is 9.97 Å². The van der Waals surface area contributed by atoms with Crippen LogP contribution < -0.4 is 10.1 Å². The first-order valence-electron chi connectivity index (χ1n) is 7.06. The molecular formula is C16H17N3O2. The standard InChI is InChI=1S/C16H17N3O2/c1-11-17-9-8-14(18-11)16(20)19-13-6-4-10-21-15-7-3-2-5-12(13)15/h2-3,5,7-9,13H,4,6,10H2,1H3,(H,19,20)/t13-/m1/s1. The highest BCUT2D eigenvalue weighted by Crippen LogP contribution is 2.31. The van der Waals surface area contributed by atoms with Crippen LogP contribution in [0.25, 0.3) is 0 Å². The van der Waals surface area contributed by atoms with Crippen LogP contribution in [0.15, 0.2) is 36.5 Å². The van der Waals surface area contributed by atoms with E-state index < -0.39 is 0 Å². The summed E-state index contributed by atoms with van der Waals surface area (Å²) in [5.41, 5.74) is 1.42. The Kier molecular flexibility index (Phi) is 3.81. The lowest BCUT2D eigenvalue weighted by atomic mass is 10.0. The van der Waals surface area contributed by atoms with Crippen molar-refractivity contribution in [1.29, 1.82) is 0 Å². The number of rotatable bonds is 2. The molecule has 0 saturated carbocycles. The lowest BCUT2D eigenvalue weighted by Gasteiger charge is -2.18. The van der Waals surface area contributed by atoms with E-state index in [2.05, 4.69) is 15.3 Å². The second kappa shape index (κ2) is 5.91. The maximum atomic E-state index is 12.3. The molecule has 108 valence electrons. The number of nitrogens with one attached hydrogen (secondary N) is 1. The second-order valence-corrected chi connectivity index (χ2v) is 5.04. The van der Waals surface area contributed by atoms with Crippen molar-refractivity contribution in [2.24, 2.45) is 0 Å². The first kappa shape index (κ1) is 13.5. The van der Waals surface area contributed by atoms with Crippen LogP contribution in [0.4, 0.5) is 0 Å². The second-order valence-electron chi connectivity index (χ2n) is 5.04. The number of carbonyl (C=O) groups excluding carboxylic acids is 1. The Morgan fingerprint density at radius 1 is 1.33 bits per heavy atom. The summed E-state index contributed by atoms with van der Waals surface area (Å²) >= 11 is 0. The number of carbonyl (C=O) groups is 1. The van der Waals surface area contributed by atoms with Gasteiger partial charge in [-0.2, -0.15) is 0 Å². The summed E-state index contributed by atoms with van der Waals surface area (Å²) in [6.07, 6.45) is 3.36. The molecule has 5 nitrogen and oxygen atoms in total. The highest BCUT2D eigenvalue weighted by atomic mass is 16.5. The van der Waals surface area contributed by atoms with Gasteiger partial charge < -0.3 is 10.1 Å². The fraction of sp³-hybridized carbons (Fsp3) is 0.312. The number of benzene rings is 1. The molecule has 1 atom stereocenters. The first-order valence-corrected chi connectivity index (χ1v) is 7.06. The largest absolute Gasteiger partial charge is 0.493 e. The third kappa shape index (κ3) is 3.02. The number of amides is 1. The number of fused-ring (bicyclic) bond motifs is 1. The molecule has 21 heavy (non-hydrogen) atoms. The van der Waals surface area contributed by atoms with Gasteiger partial charge in [0.25, 0.3) is 5.91 Å². The normalized spacial score (nSPS) is 17.3. The summed E-state index contributed by atoms with van der Waals surface area (Å²) < 4.78 is 5.71. The van der Waals surface area contributed by atoms with E-state index in [0.29, 0.717) is 18.1 Å². The van der Waals surface area contributed by atoms with Gasteiger partial charge in [0, 0.05) is 11.8 Å². The number of aryl methyl sites for hydroxylation is 1. The van der Waals surface area contributed by atoms with E-state index in [4.69, 9.17) is 4.74 Å². The Bertz CT molecular complexity index is 657. The SMILES string of the molecule is Cc1nccc(C(=O)N[C@@H]2CCCOc3ccccc32)n1. The van der Waals surface area contributed by atoms with Crippen LogP contribution in [0.5, 0.6) is 5.75 Å². The fourth-order valence-corrected chi connectivity index (χ4v) is 2.49. The maximum absolute atomic E-state index is 12.3. The smallest absolute Gasteiger partial charge is 0.270 e. The summed E-state index contributed by atoms with van der Waals surface area (Å²) in [6.45, 7) is 2.45. The lowest BCUT2D eigenvalue weighted by Crippen LogP contribution is -2.29. The predicted molar refractivity (Wildman–Crippen MR) is 78.1 cm³/mol. The van der Waals surface area contributed by atoms with Crippen molar-refractivity contribution in [3.05, 3.63) is 53.6 Å². The maximum Gasteiger partial charge on any atom is 0.270 e. The summed E-state index contributed by atoms with van der Waals surface area (Å²) in [5, 5.41) is 3.05. The van der Waals surface area contributed by atoms with Crippen molar-refractivity contribution in [3.63, 3.8) is 0 Å². The van der Waals surface area contributed by atoms with Gasteiger partial charge in [-0.1, -0.05) is 18.2 Å². The molecule has 1 aliphatic rings. The summed E-state index contributed by atoms with van der Waals surface area (Å²) in [6, 6.07) is 9.41. The summed E-state index contributed by atoms with van der Waals surface area (Å²) in [4.78, 5) is 20.5. The Morgan fingerprint density at radius 3 is 3.05 bits per heavy atom. The molecule has 1 amide bonds. The number of hydrogen-bond donors (Lipinski definition) is 1. The molecule has 2 heterocycles. The predicted octanol–water partition coefficient (Wildman–Crippen LogP) is 2.43. The Balaban J connectivity index is 1.83. The molecule has 0 fully saturated rings. The van der Waals surface area contributed by atoms with E-state index in [9.17, 15) is 4.79 Å². The van der Waals surface area contributed by atoms with Crippen molar-refractivity contribution in [2.45, 2.75) is 25.8 Å². The molecule has 0 unspecified atom stereocenters. The average molecular weight is 283 g/mol. The molecule has 0 bridgehead atoms. The zero-order valence-electron chi connectivity index (χ0n) is 11.9. The third-order valence-corrected chi connectivity index (χ3v) is 3.50. The van der Waals surface area contributed by atoms with Gasteiger partial charge in [-0.3, -0.25) is 4.79 Å². The van der Waals surface area contributed by atoms with E-state index in [1.54, 1.807) is 19.2 Å². The van der Waals surface area contributed by atoms with Crippen molar-refractivity contribution in [3.8, 4) is 5.75 Å². The molecule has 2 aromatic rings. The minimum Gasteiger partial charge on any atom is -0.493 e. The van der Waals surface area contributed by atoms with E-state index in [0.717, 1.165) is 24.2 Å². The van der Waals surface area contributed by atoms with Crippen molar-refractivity contribution >= 4 is 5.91 Å². The van der Waals surface area contributed by atoms with Crippen molar-refractivity contribution in [2.75, 3.05) is 6.61 Å². The topological polar surface area (TPSA) is 64.1 Å². The van der Waals surface area contributed by atoms with Gasteiger partial charge in [0.05, 0.1) is 12.6 Å². The van der Waals surface area contributed by atoms with Gasteiger partial charge in [0.2, 0.25) is 0 Å². The van der Waals surface area contributed by atoms with Crippen LogP contribution in [0.1, 0.15) is 40.8 Å². The Labute approximate surface area is 123 Å². The van der Waals surface area contributed by atoms with Crippen molar-refractivity contribution < 1.29 is 9.53 Å². The molecule has 1 aromatic heterocycles. The molecule has 0 radical (unpaired) electrons. The quantitative estimate of drug-likeness (QED) is 0.919. The van der Waals surface area contributed by atoms with Crippen LogP contribution in [0.2, 0.25) is 0 Å². The number of nitrogens with zero attached hydrogens (tertiary/aromatic N) is 2. The number of para-hydroxylation sites is 1. The lowest BCUT2D eigenvalue weighted by molar-refractivity contribution is 0.0929. The van der Waals surface area contributed by atoms with Gasteiger partial charge in [-0.15, -0.1) is 0 Å².